The van der Waals surface area contributed by atoms with Gasteiger partial charge in [0.25, 0.3) is 0 Å². The molecule has 84 valence electrons. The van der Waals surface area contributed by atoms with E-state index in [9.17, 15) is 0 Å². The summed E-state index contributed by atoms with van der Waals surface area (Å²) in [5.74, 6) is 0. The van der Waals surface area contributed by atoms with Gasteiger partial charge in [0, 0.05) is 12.6 Å². The van der Waals surface area contributed by atoms with Crippen LogP contribution >= 0.6 is 0 Å². The molecular weight excluding hydrogens is 174 g/mol. The summed E-state index contributed by atoms with van der Waals surface area (Å²) in [6.07, 6.45) is 7.57. The first-order valence-corrected chi connectivity index (χ1v) is 6.04. The molecule has 0 aromatic rings. The van der Waals surface area contributed by atoms with Crippen LogP contribution in [0.2, 0.25) is 0 Å². The SMILES string of the molecule is CCCCC(NC)C1(C)CCCCO1. The zero-order valence-corrected chi connectivity index (χ0v) is 9.94. The molecule has 2 heteroatoms. The third kappa shape index (κ3) is 2.96. The minimum absolute atomic E-state index is 0.0855. The van der Waals surface area contributed by atoms with Gasteiger partial charge in [-0.15, -0.1) is 0 Å². The third-order valence-corrected chi connectivity index (χ3v) is 3.43. The second-order valence-electron chi connectivity index (χ2n) is 4.60. The predicted octanol–water partition coefficient (Wildman–Crippen LogP) is 2.72. The molecule has 0 aromatic heterocycles. The average Bonchev–Trinajstić information content (AvgIpc) is 2.20. The van der Waals surface area contributed by atoms with Crippen LogP contribution in [0.1, 0.15) is 52.4 Å². The normalized spacial score (nSPS) is 30.2. The molecule has 0 bridgehead atoms. The Morgan fingerprint density at radius 2 is 2.21 bits per heavy atom. The molecule has 1 N–H and O–H groups in total. The Bertz CT molecular complexity index is 152. The lowest BCUT2D eigenvalue weighted by molar-refractivity contribution is -0.0889. The number of rotatable bonds is 5. The molecule has 2 nitrogen and oxygen atoms in total. The Labute approximate surface area is 88.4 Å². The van der Waals surface area contributed by atoms with E-state index in [-0.39, 0.29) is 5.60 Å². The van der Waals surface area contributed by atoms with Gasteiger partial charge in [0.2, 0.25) is 0 Å². The van der Waals surface area contributed by atoms with Crippen molar-refractivity contribution < 1.29 is 4.74 Å². The maximum atomic E-state index is 5.95. The van der Waals surface area contributed by atoms with E-state index in [4.69, 9.17) is 4.74 Å². The lowest BCUT2D eigenvalue weighted by Crippen LogP contribution is -2.51. The van der Waals surface area contributed by atoms with Crippen molar-refractivity contribution in [3.8, 4) is 0 Å². The first-order chi connectivity index (χ1) is 6.73. The van der Waals surface area contributed by atoms with Crippen LogP contribution in [0, 0.1) is 0 Å². The standard InChI is InChI=1S/C12H25NO/c1-4-5-8-11(13-3)12(2)9-6-7-10-14-12/h11,13H,4-10H2,1-3H3. The molecule has 1 aliphatic rings. The van der Waals surface area contributed by atoms with Crippen molar-refractivity contribution in [2.45, 2.75) is 64.0 Å². The van der Waals surface area contributed by atoms with Gasteiger partial charge >= 0.3 is 0 Å². The van der Waals surface area contributed by atoms with Gasteiger partial charge in [0.15, 0.2) is 0 Å². The van der Waals surface area contributed by atoms with E-state index in [0.29, 0.717) is 6.04 Å². The highest BCUT2D eigenvalue weighted by Crippen LogP contribution is 2.29. The first kappa shape index (κ1) is 12.0. The lowest BCUT2D eigenvalue weighted by atomic mass is 9.85. The fourth-order valence-electron chi connectivity index (χ4n) is 2.39. The Hall–Kier alpha value is -0.0800. The number of unbranched alkanes of at least 4 members (excludes halogenated alkanes) is 1. The van der Waals surface area contributed by atoms with Crippen molar-refractivity contribution in [3.63, 3.8) is 0 Å². The molecule has 1 fully saturated rings. The summed E-state index contributed by atoms with van der Waals surface area (Å²) < 4.78 is 5.95. The summed E-state index contributed by atoms with van der Waals surface area (Å²) in [4.78, 5) is 0. The summed E-state index contributed by atoms with van der Waals surface area (Å²) in [7, 11) is 2.06. The molecule has 1 rings (SSSR count). The van der Waals surface area contributed by atoms with Crippen molar-refractivity contribution in [2.24, 2.45) is 0 Å². The highest BCUT2D eigenvalue weighted by Gasteiger charge is 2.35. The van der Waals surface area contributed by atoms with Crippen LogP contribution < -0.4 is 5.32 Å². The molecule has 0 saturated carbocycles. The molecule has 14 heavy (non-hydrogen) atoms. The lowest BCUT2D eigenvalue weighted by Gasteiger charge is -2.40. The van der Waals surface area contributed by atoms with E-state index in [1.165, 1.54) is 38.5 Å². The second-order valence-corrected chi connectivity index (χ2v) is 4.60. The van der Waals surface area contributed by atoms with Gasteiger partial charge in [-0.3, -0.25) is 0 Å². The predicted molar refractivity (Wildman–Crippen MR) is 60.6 cm³/mol. The van der Waals surface area contributed by atoms with Crippen molar-refractivity contribution >= 4 is 0 Å². The van der Waals surface area contributed by atoms with Gasteiger partial charge in [-0.1, -0.05) is 19.8 Å². The molecule has 1 saturated heterocycles. The van der Waals surface area contributed by atoms with Gasteiger partial charge < -0.3 is 10.1 Å². The Morgan fingerprint density at radius 3 is 2.71 bits per heavy atom. The minimum atomic E-state index is 0.0855. The minimum Gasteiger partial charge on any atom is -0.374 e. The molecule has 0 aliphatic carbocycles. The Balaban J connectivity index is 2.47. The molecule has 1 heterocycles. The molecule has 1 aliphatic heterocycles. The van der Waals surface area contributed by atoms with E-state index < -0.39 is 0 Å². The van der Waals surface area contributed by atoms with E-state index in [2.05, 4.69) is 26.2 Å². The van der Waals surface area contributed by atoms with Crippen LogP contribution in [0.25, 0.3) is 0 Å². The van der Waals surface area contributed by atoms with E-state index in [1.54, 1.807) is 0 Å². The van der Waals surface area contributed by atoms with Crippen molar-refractivity contribution in [3.05, 3.63) is 0 Å². The summed E-state index contributed by atoms with van der Waals surface area (Å²) >= 11 is 0. The van der Waals surface area contributed by atoms with E-state index in [0.717, 1.165) is 6.61 Å². The highest BCUT2D eigenvalue weighted by atomic mass is 16.5. The topological polar surface area (TPSA) is 21.3 Å². The summed E-state index contributed by atoms with van der Waals surface area (Å²) in [5, 5.41) is 3.42. The van der Waals surface area contributed by atoms with Crippen LogP contribution in [0.3, 0.4) is 0 Å². The van der Waals surface area contributed by atoms with Crippen LogP contribution in [0.5, 0.6) is 0 Å². The van der Waals surface area contributed by atoms with Gasteiger partial charge in [-0.25, -0.2) is 0 Å². The van der Waals surface area contributed by atoms with Crippen LogP contribution in [0.4, 0.5) is 0 Å². The zero-order chi connectivity index (χ0) is 10.4. The molecule has 0 amide bonds. The van der Waals surface area contributed by atoms with Gasteiger partial charge in [-0.2, -0.15) is 0 Å². The van der Waals surface area contributed by atoms with Gasteiger partial charge in [0.1, 0.15) is 0 Å². The number of hydrogen-bond acceptors (Lipinski definition) is 2. The molecular formula is C12H25NO. The monoisotopic (exact) mass is 199 g/mol. The molecule has 2 atom stereocenters. The maximum Gasteiger partial charge on any atom is 0.0806 e. The fraction of sp³-hybridized carbons (Fsp3) is 1.00. The largest absolute Gasteiger partial charge is 0.374 e. The Kier molecular flexibility index (Phi) is 4.90. The third-order valence-electron chi connectivity index (χ3n) is 3.43. The average molecular weight is 199 g/mol. The summed E-state index contributed by atoms with van der Waals surface area (Å²) in [6.45, 7) is 5.46. The second kappa shape index (κ2) is 5.72. The van der Waals surface area contributed by atoms with Crippen LogP contribution in [-0.4, -0.2) is 25.3 Å². The summed E-state index contributed by atoms with van der Waals surface area (Å²) in [6, 6.07) is 0.530. The van der Waals surface area contributed by atoms with Gasteiger partial charge in [-0.05, 0) is 39.7 Å². The zero-order valence-electron chi connectivity index (χ0n) is 9.94. The summed E-state index contributed by atoms with van der Waals surface area (Å²) in [5.41, 5.74) is 0.0855. The number of hydrogen-bond donors (Lipinski definition) is 1. The Morgan fingerprint density at radius 1 is 1.43 bits per heavy atom. The smallest absolute Gasteiger partial charge is 0.0806 e. The number of likely N-dealkylation sites (N-methyl/N-ethyl adjacent to an activating group) is 1. The molecule has 0 aromatic carbocycles. The van der Waals surface area contributed by atoms with Gasteiger partial charge in [0.05, 0.1) is 5.60 Å². The number of ether oxygens (including phenoxy) is 1. The molecule has 2 unspecified atom stereocenters. The van der Waals surface area contributed by atoms with Crippen molar-refractivity contribution in [2.75, 3.05) is 13.7 Å². The maximum absolute atomic E-state index is 5.95. The van der Waals surface area contributed by atoms with E-state index in [1.807, 2.05) is 0 Å². The van der Waals surface area contributed by atoms with Crippen LogP contribution in [0.15, 0.2) is 0 Å². The van der Waals surface area contributed by atoms with Crippen molar-refractivity contribution in [1.29, 1.82) is 0 Å². The first-order valence-electron chi connectivity index (χ1n) is 6.04. The van der Waals surface area contributed by atoms with E-state index >= 15 is 0 Å². The quantitative estimate of drug-likeness (QED) is 0.735. The molecule has 0 radical (unpaired) electrons. The van der Waals surface area contributed by atoms with Crippen LogP contribution in [-0.2, 0) is 4.74 Å². The number of nitrogens with one attached hydrogen (secondary N) is 1. The molecule has 0 spiro atoms. The fourth-order valence-corrected chi connectivity index (χ4v) is 2.39. The highest BCUT2D eigenvalue weighted by molar-refractivity contribution is 4.90. The van der Waals surface area contributed by atoms with Crippen molar-refractivity contribution in [1.82, 2.24) is 5.32 Å².